The predicted octanol–water partition coefficient (Wildman–Crippen LogP) is 2.73. The lowest BCUT2D eigenvalue weighted by Crippen LogP contribution is -2.34. The Hall–Kier alpha value is -1.55. The quantitative estimate of drug-likeness (QED) is 0.867. The van der Waals surface area contributed by atoms with Crippen LogP contribution in [0.5, 0.6) is 0 Å². The lowest BCUT2D eigenvalue weighted by molar-refractivity contribution is 0.0508. The van der Waals surface area contributed by atoms with Gasteiger partial charge in [0.25, 0.3) is 0 Å². The van der Waals surface area contributed by atoms with Crippen molar-refractivity contribution in [2.45, 2.75) is 45.9 Å². The summed E-state index contributed by atoms with van der Waals surface area (Å²) >= 11 is 0. The smallest absolute Gasteiger partial charge is 0.408 e. The molecule has 0 saturated carbocycles. The Bertz CT molecular complexity index is 411. The minimum absolute atomic E-state index is 0.125. The molecule has 18 heavy (non-hydrogen) atoms. The first-order valence-electron chi connectivity index (χ1n) is 6.11. The Labute approximate surface area is 109 Å². The SMILES string of the molecule is CC(NC(=O)OC(C)(C)C)c1ccccc1CN. The molecule has 0 heterocycles. The van der Waals surface area contributed by atoms with E-state index in [-0.39, 0.29) is 6.04 Å². The third-order valence-electron chi connectivity index (χ3n) is 2.47. The summed E-state index contributed by atoms with van der Waals surface area (Å²) in [6.07, 6.45) is -0.415. The molecule has 1 aromatic carbocycles. The molecule has 0 aromatic heterocycles. The van der Waals surface area contributed by atoms with E-state index in [0.717, 1.165) is 11.1 Å². The first-order valence-corrected chi connectivity index (χ1v) is 6.11. The van der Waals surface area contributed by atoms with Crippen LogP contribution in [0.15, 0.2) is 24.3 Å². The lowest BCUT2D eigenvalue weighted by Gasteiger charge is -2.23. The number of hydrogen-bond donors (Lipinski definition) is 2. The fourth-order valence-electron chi connectivity index (χ4n) is 1.70. The fourth-order valence-corrected chi connectivity index (χ4v) is 1.70. The molecule has 0 aliphatic carbocycles. The molecular weight excluding hydrogens is 228 g/mol. The first kappa shape index (κ1) is 14.5. The molecule has 1 rings (SSSR count). The standard InChI is InChI=1S/C14H22N2O2/c1-10(16-13(17)18-14(2,3)4)12-8-6-5-7-11(12)9-15/h5-8,10H,9,15H2,1-4H3,(H,16,17). The number of nitrogens with one attached hydrogen (secondary N) is 1. The maximum atomic E-state index is 11.7. The Kier molecular flexibility index (Phi) is 4.73. The van der Waals surface area contributed by atoms with Crippen LogP contribution in [0.25, 0.3) is 0 Å². The molecule has 100 valence electrons. The van der Waals surface area contributed by atoms with Crippen molar-refractivity contribution >= 4 is 6.09 Å². The summed E-state index contributed by atoms with van der Waals surface area (Å²) < 4.78 is 5.22. The Morgan fingerprint density at radius 3 is 2.56 bits per heavy atom. The number of hydrogen-bond acceptors (Lipinski definition) is 3. The van der Waals surface area contributed by atoms with Gasteiger partial charge in [-0.05, 0) is 38.8 Å². The van der Waals surface area contributed by atoms with Gasteiger partial charge in [-0.25, -0.2) is 4.79 Å². The summed E-state index contributed by atoms with van der Waals surface area (Å²) in [6, 6.07) is 7.67. The van der Waals surface area contributed by atoms with Gasteiger partial charge in [0.15, 0.2) is 0 Å². The summed E-state index contributed by atoms with van der Waals surface area (Å²) in [4.78, 5) is 11.7. The molecule has 1 aromatic rings. The molecule has 0 fully saturated rings. The zero-order valence-corrected chi connectivity index (χ0v) is 11.5. The van der Waals surface area contributed by atoms with Gasteiger partial charge in [0.05, 0.1) is 6.04 Å². The van der Waals surface area contributed by atoms with E-state index in [2.05, 4.69) is 5.32 Å². The Morgan fingerprint density at radius 2 is 2.00 bits per heavy atom. The molecular formula is C14H22N2O2. The van der Waals surface area contributed by atoms with Crippen molar-refractivity contribution in [1.29, 1.82) is 0 Å². The summed E-state index contributed by atoms with van der Waals surface area (Å²) in [6.45, 7) is 7.89. The number of rotatable bonds is 3. The minimum atomic E-state index is -0.489. The van der Waals surface area contributed by atoms with Crippen LogP contribution in [-0.4, -0.2) is 11.7 Å². The van der Waals surface area contributed by atoms with Crippen LogP contribution in [0, 0.1) is 0 Å². The van der Waals surface area contributed by atoms with E-state index >= 15 is 0 Å². The maximum absolute atomic E-state index is 11.7. The zero-order valence-electron chi connectivity index (χ0n) is 11.5. The van der Waals surface area contributed by atoms with E-state index in [1.165, 1.54) is 0 Å². The van der Waals surface area contributed by atoms with E-state index in [1.54, 1.807) is 0 Å². The van der Waals surface area contributed by atoms with Crippen molar-refractivity contribution < 1.29 is 9.53 Å². The topological polar surface area (TPSA) is 64.3 Å². The second kappa shape index (κ2) is 5.87. The largest absolute Gasteiger partial charge is 0.444 e. The van der Waals surface area contributed by atoms with Crippen LogP contribution in [0.1, 0.15) is 44.9 Å². The van der Waals surface area contributed by atoms with Crippen molar-refractivity contribution in [3.05, 3.63) is 35.4 Å². The first-order chi connectivity index (χ1) is 8.33. The van der Waals surface area contributed by atoms with Crippen molar-refractivity contribution in [2.75, 3.05) is 0 Å². The van der Waals surface area contributed by atoms with Crippen molar-refractivity contribution in [3.63, 3.8) is 0 Å². The van der Waals surface area contributed by atoms with Gasteiger partial charge in [-0.15, -0.1) is 0 Å². The minimum Gasteiger partial charge on any atom is -0.444 e. The highest BCUT2D eigenvalue weighted by Gasteiger charge is 2.19. The number of ether oxygens (including phenoxy) is 1. The van der Waals surface area contributed by atoms with Gasteiger partial charge in [-0.3, -0.25) is 0 Å². The molecule has 1 unspecified atom stereocenters. The molecule has 0 aliphatic heterocycles. The summed E-state index contributed by atoms with van der Waals surface area (Å²) in [7, 11) is 0. The van der Waals surface area contributed by atoms with Gasteiger partial charge in [0.2, 0.25) is 0 Å². The predicted molar refractivity (Wildman–Crippen MR) is 72.1 cm³/mol. The molecule has 0 radical (unpaired) electrons. The van der Waals surface area contributed by atoms with Crippen LogP contribution in [-0.2, 0) is 11.3 Å². The summed E-state index contributed by atoms with van der Waals surface area (Å²) in [5.74, 6) is 0. The number of benzene rings is 1. The number of alkyl carbamates (subject to hydrolysis) is 1. The molecule has 0 bridgehead atoms. The van der Waals surface area contributed by atoms with Gasteiger partial charge in [-0.1, -0.05) is 24.3 Å². The highest BCUT2D eigenvalue weighted by atomic mass is 16.6. The number of carbonyl (C=O) groups is 1. The van der Waals surface area contributed by atoms with Crippen LogP contribution in [0.3, 0.4) is 0 Å². The highest BCUT2D eigenvalue weighted by molar-refractivity contribution is 5.68. The molecule has 0 saturated heterocycles. The number of nitrogens with two attached hydrogens (primary N) is 1. The van der Waals surface area contributed by atoms with Crippen molar-refractivity contribution in [2.24, 2.45) is 5.73 Å². The molecule has 3 N–H and O–H groups in total. The van der Waals surface area contributed by atoms with E-state index < -0.39 is 11.7 Å². The van der Waals surface area contributed by atoms with Gasteiger partial charge < -0.3 is 15.8 Å². The molecule has 1 amide bonds. The summed E-state index contributed by atoms with van der Waals surface area (Å²) in [5.41, 5.74) is 7.24. The monoisotopic (exact) mass is 250 g/mol. The van der Waals surface area contributed by atoms with Gasteiger partial charge in [0.1, 0.15) is 5.60 Å². The molecule has 0 aliphatic rings. The second-order valence-electron chi connectivity index (χ2n) is 5.27. The Morgan fingerprint density at radius 1 is 1.39 bits per heavy atom. The third-order valence-corrected chi connectivity index (χ3v) is 2.47. The average molecular weight is 250 g/mol. The van der Waals surface area contributed by atoms with Gasteiger partial charge >= 0.3 is 6.09 Å². The van der Waals surface area contributed by atoms with Crippen LogP contribution >= 0.6 is 0 Å². The lowest BCUT2D eigenvalue weighted by atomic mass is 10.0. The maximum Gasteiger partial charge on any atom is 0.408 e. The van der Waals surface area contributed by atoms with E-state index in [1.807, 2.05) is 52.0 Å². The van der Waals surface area contributed by atoms with Crippen LogP contribution in [0.2, 0.25) is 0 Å². The number of amides is 1. The van der Waals surface area contributed by atoms with Crippen molar-refractivity contribution in [1.82, 2.24) is 5.32 Å². The molecule has 0 spiro atoms. The van der Waals surface area contributed by atoms with E-state index in [4.69, 9.17) is 10.5 Å². The second-order valence-corrected chi connectivity index (χ2v) is 5.27. The number of carbonyl (C=O) groups excluding carboxylic acids is 1. The van der Waals surface area contributed by atoms with E-state index in [0.29, 0.717) is 6.54 Å². The normalized spacial score (nSPS) is 12.9. The molecule has 4 nitrogen and oxygen atoms in total. The molecule has 1 atom stereocenters. The van der Waals surface area contributed by atoms with E-state index in [9.17, 15) is 4.79 Å². The average Bonchev–Trinajstić information content (AvgIpc) is 2.26. The fraction of sp³-hybridized carbons (Fsp3) is 0.500. The Balaban J connectivity index is 2.70. The van der Waals surface area contributed by atoms with Gasteiger partial charge in [0, 0.05) is 6.54 Å². The summed E-state index contributed by atoms with van der Waals surface area (Å²) in [5, 5.41) is 2.81. The van der Waals surface area contributed by atoms with Crippen molar-refractivity contribution in [3.8, 4) is 0 Å². The third kappa shape index (κ3) is 4.37. The highest BCUT2D eigenvalue weighted by Crippen LogP contribution is 2.18. The molecule has 4 heteroatoms. The van der Waals surface area contributed by atoms with Crippen LogP contribution < -0.4 is 11.1 Å². The zero-order chi connectivity index (χ0) is 13.8. The van der Waals surface area contributed by atoms with Gasteiger partial charge in [-0.2, -0.15) is 0 Å². The van der Waals surface area contributed by atoms with Crippen LogP contribution in [0.4, 0.5) is 4.79 Å².